The zero-order valence-corrected chi connectivity index (χ0v) is 19.1. The largest absolute Gasteiger partial charge is 0.355 e. The maximum Gasteiger partial charge on any atom is 0.191 e. The molecule has 1 saturated heterocycles. The van der Waals surface area contributed by atoms with E-state index >= 15 is 0 Å². The van der Waals surface area contributed by atoms with Crippen molar-refractivity contribution in [3.05, 3.63) is 12.2 Å². The first-order valence-electron chi connectivity index (χ1n) is 9.83. The van der Waals surface area contributed by atoms with Crippen molar-refractivity contribution >= 4 is 29.9 Å². The minimum Gasteiger partial charge on any atom is -0.355 e. The summed E-state index contributed by atoms with van der Waals surface area (Å²) in [6.45, 7) is 13.6. The molecule has 0 amide bonds. The summed E-state index contributed by atoms with van der Waals surface area (Å²) in [7, 11) is 0. The molecule has 2 heterocycles. The summed E-state index contributed by atoms with van der Waals surface area (Å²) in [4.78, 5) is 7.40. The highest BCUT2D eigenvalue weighted by molar-refractivity contribution is 14.0. The zero-order chi connectivity index (χ0) is 18.1. The molecule has 2 unspecified atom stereocenters. The lowest BCUT2D eigenvalue weighted by Crippen LogP contribution is -2.44. The molecule has 1 fully saturated rings. The molecule has 0 spiro atoms. The highest BCUT2D eigenvalue weighted by Crippen LogP contribution is 2.16. The molecule has 7 nitrogen and oxygen atoms in total. The predicted molar refractivity (Wildman–Crippen MR) is 118 cm³/mol. The number of likely N-dealkylation sites (N-methyl/N-ethyl adjacent to an activating group) is 1. The van der Waals surface area contributed by atoms with Gasteiger partial charge in [0.25, 0.3) is 0 Å². The fourth-order valence-electron chi connectivity index (χ4n) is 3.24. The summed E-state index contributed by atoms with van der Waals surface area (Å²) in [5.74, 6) is 1.95. The molecule has 1 aliphatic rings. The summed E-state index contributed by atoms with van der Waals surface area (Å²) < 4.78 is 2.10. The molecule has 26 heavy (non-hydrogen) atoms. The van der Waals surface area contributed by atoms with Crippen molar-refractivity contribution in [1.82, 2.24) is 30.3 Å². The van der Waals surface area contributed by atoms with Crippen LogP contribution in [0.15, 0.2) is 11.3 Å². The molecular formula is C18H36IN7. The Morgan fingerprint density at radius 1 is 1.38 bits per heavy atom. The van der Waals surface area contributed by atoms with Gasteiger partial charge >= 0.3 is 0 Å². The van der Waals surface area contributed by atoms with Crippen molar-refractivity contribution in [2.24, 2.45) is 4.99 Å². The van der Waals surface area contributed by atoms with Crippen LogP contribution in [0.1, 0.15) is 52.8 Å². The van der Waals surface area contributed by atoms with Gasteiger partial charge in [-0.15, -0.1) is 34.2 Å². The van der Waals surface area contributed by atoms with E-state index in [1.54, 1.807) is 6.33 Å². The van der Waals surface area contributed by atoms with Gasteiger partial charge in [0, 0.05) is 31.6 Å². The summed E-state index contributed by atoms with van der Waals surface area (Å²) in [6.07, 6.45) is 6.34. The molecule has 8 heteroatoms. The van der Waals surface area contributed by atoms with Crippen LogP contribution in [-0.4, -0.2) is 63.9 Å². The van der Waals surface area contributed by atoms with Crippen molar-refractivity contribution in [2.45, 2.75) is 72.0 Å². The Balaban J connectivity index is 0.00000338. The first-order valence-corrected chi connectivity index (χ1v) is 9.83. The first kappa shape index (κ1) is 23.1. The maximum atomic E-state index is 4.87. The molecule has 0 aliphatic carbocycles. The fourth-order valence-corrected chi connectivity index (χ4v) is 3.24. The molecule has 0 aromatic carbocycles. The van der Waals surface area contributed by atoms with Gasteiger partial charge in [0.15, 0.2) is 5.96 Å². The van der Waals surface area contributed by atoms with Gasteiger partial charge in [-0.2, -0.15) is 0 Å². The number of nitrogens with one attached hydrogen (secondary N) is 2. The van der Waals surface area contributed by atoms with Crippen LogP contribution in [0.5, 0.6) is 0 Å². The quantitative estimate of drug-likeness (QED) is 0.325. The predicted octanol–water partition coefficient (Wildman–Crippen LogP) is 2.28. The number of rotatable bonds is 9. The van der Waals surface area contributed by atoms with Crippen LogP contribution in [0.4, 0.5) is 0 Å². The van der Waals surface area contributed by atoms with Crippen LogP contribution in [0.25, 0.3) is 0 Å². The average Bonchev–Trinajstić information content (AvgIpc) is 3.27. The van der Waals surface area contributed by atoms with Gasteiger partial charge in [0.2, 0.25) is 0 Å². The van der Waals surface area contributed by atoms with Crippen LogP contribution < -0.4 is 10.6 Å². The van der Waals surface area contributed by atoms with E-state index in [1.807, 2.05) is 0 Å². The molecular weight excluding hydrogens is 441 g/mol. The van der Waals surface area contributed by atoms with Crippen molar-refractivity contribution in [1.29, 1.82) is 0 Å². The van der Waals surface area contributed by atoms with Crippen molar-refractivity contribution < 1.29 is 0 Å². The number of hydrogen-bond acceptors (Lipinski definition) is 4. The van der Waals surface area contributed by atoms with Gasteiger partial charge in [-0.05, 0) is 39.3 Å². The van der Waals surface area contributed by atoms with E-state index < -0.39 is 0 Å². The molecule has 2 N–H and O–H groups in total. The molecule has 0 saturated carbocycles. The number of aromatic nitrogens is 3. The van der Waals surface area contributed by atoms with Crippen molar-refractivity contribution in [3.8, 4) is 0 Å². The lowest BCUT2D eigenvalue weighted by atomic mass is 10.2. The average molecular weight is 477 g/mol. The van der Waals surface area contributed by atoms with E-state index in [1.165, 1.54) is 19.4 Å². The Bertz CT molecular complexity index is 531. The van der Waals surface area contributed by atoms with Crippen molar-refractivity contribution in [2.75, 3.05) is 26.2 Å². The summed E-state index contributed by atoms with van der Waals surface area (Å²) in [6, 6.07) is 1.00. The number of nitrogens with zero attached hydrogens (tertiary/aromatic N) is 5. The Morgan fingerprint density at radius 3 is 2.88 bits per heavy atom. The molecule has 2 atom stereocenters. The third-order valence-corrected chi connectivity index (χ3v) is 5.02. The van der Waals surface area contributed by atoms with Gasteiger partial charge in [-0.25, -0.2) is 0 Å². The van der Waals surface area contributed by atoms with E-state index in [4.69, 9.17) is 4.99 Å². The van der Waals surface area contributed by atoms with Crippen LogP contribution >= 0.6 is 24.0 Å². The summed E-state index contributed by atoms with van der Waals surface area (Å²) in [5, 5.41) is 15.1. The van der Waals surface area contributed by atoms with Gasteiger partial charge in [-0.3, -0.25) is 9.89 Å². The minimum absolute atomic E-state index is 0. The number of guanidine groups is 1. The third-order valence-electron chi connectivity index (χ3n) is 5.02. The Hall–Kier alpha value is -0.900. The normalized spacial score (nSPS) is 19.2. The topological polar surface area (TPSA) is 70.4 Å². The fraction of sp³-hybridized carbons (Fsp3) is 0.833. The molecule has 0 radical (unpaired) electrons. The summed E-state index contributed by atoms with van der Waals surface area (Å²) >= 11 is 0. The van der Waals surface area contributed by atoms with Crippen LogP contribution in [0, 0.1) is 0 Å². The highest BCUT2D eigenvalue weighted by Gasteiger charge is 2.22. The van der Waals surface area contributed by atoms with E-state index in [9.17, 15) is 0 Å². The monoisotopic (exact) mass is 477 g/mol. The second kappa shape index (κ2) is 12.5. The number of hydrogen-bond donors (Lipinski definition) is 2. The minimum atomic E-state index is 0. The van der Waals surface area contributed by atoms with E-state index in [0.717, 1.165) is 50.8 Å². The molecule has 150 valence electrons. The number of aryl methyl sites for hydroxylation is 1. The van der Waals surface area contributed by atoms with Crippen molar-refractivity contribution in [3.63, 3.8) is 0 Å². The number of halogens is 1. The number of aliphatic imine (C=N–C) groups is 1. The molecule has 1 aromatic rings. The second-order valence-corrected chi connectivity index (χ2v) is 6.79. The number of likely N-dealkylation sites (tertiary alicyclic amines) is 1. The van der Waals surface area contributed by atoms with Gasteiger partial charge in [0.1, 0.15) is 12.2 Å². The standard InChI is InChI=1S/C18H35N7.HI/c1-5-15(4)22-18(20-13-16-9-8-11-24(16)7-3)19-10-12-25-14-21-23-17(25)6-2;/h14-16H,5-13H2,1-4H3,(H2,19,20,22);1H. The lowest BCUT2D eigenvalue weighted by Gasteiger charge is -2.22. The second-order valence-electron chi connectivity index (χ2n) is 6.79. The molecule has 1 aliphatic heterocycles. The first-order chi connectivity index (χ1) is 12.2. The van der Waals surface area contributed by atoms with Gasteiger partial charge in [0.05, 0.1) is 6.54 Å². The van der Waals surface area contributed by atoms with Crippen LogP contribution in [-0.2, 0) is 13.0 Å². The zero-order valence-electron chi connectivity index (χ0n) is 16.7. The molecule has 2 rings (SSSR count). The highest BCUT2D eigenvalue weighted by atomic mass is 127. The lowest BCUT2D eigenvalue weighted by molar-refractivity contribution is 0.273. The van der Waals surface area contributed by atoms with Crippen LogP contribution in [0.2, 0.25) is 0 Å². The Morgan fingerprint density at radius 2 is 2.19 bits per heavy atom. The summed E-state index contributed by atoms with van der Waals surface area (Å²) in [5.41, 5.74) is 0. The molecule has 1 aromatic heterocycles. The Kier molecular flexibility index (Phi) is 11.1. The smallest absolute Gasteiger partial charge is 0.191 e. The third kappa shape index (κ3) is 7.02. The van der Waals surface area contributed by atoms with E-state index in [2.05, 4.69) is 58.0 Å². The van der Waals surface area contributed by atoms with E-state index in [0.29, 0.717) is 12.1 Å². The maximum absolute atomic E-state index is 4.87. The molecule has 0 bridgehead atoms. The van der Waals surface area contributed by atoms with Crippen LogP contribution in [0.3, 0.4) is 0 Å². The van der Waals surface area contributed by atoms with Gasteiger partial charge in [-0.1, -0.05) is 20.8 Å². The van der Waals surface area contributed by atoms with E-state index in [-0.39, 0.29) is 24.0 Å². The Labute approximate surface area is 175 Å². The van der Waals surface area contributed by atoms with Gasteiger partial charge < -0.3 is 15.2 Å². The SMILES string of the molecule is CCc1nncn1CCNC(=NCC1CCCN1CC)NC(C)CC.I.